The van der Waals surface area contributed by atoms with E-state index in [1.165, 1.54) is 29.4 Å². The molecule has 0 aromatic heterocycles. The summed E-state index contributed by atoms with van der Waals surface area (Å²) in [5.74, 6) is -1.11. The second-order valence-electron chi connectivity index (χ2n) is 8.43. The molecule has 0 saturated carbocycles. The van der Waals surface area contributed by atoms with E-state index in [4.69, 9.17) is 4.74 Å². The summed E-state index contributed by atoms with van der Waals surface area (Å²) >= 11 is 0. The van der Waals surface area contributed by atoms with Gasteiger partial charge >= 0.3 is 5.97 Å². The molecule has 8 heteroatoms. The largest absolute Gasteiger partial charge is 0.453 e. The van der Waals surface area contributed by atoms with Gasteiger partial charge in [-0.25, -0.2) is 8.42 Å². The first-order chi connectivity index (χ1) is 14.7. The lowest BCUT2D eigenvalue weighted by atomic mass is 9.89. The summed E-state index contributed by atoms with van der Waals surface area (Å²) in [6.07, 6.45) is 3.64. The number of rotatable bonds is 8. The lowest BCUT2D eigenvalue weighted by molar-refractivity contribution is -0.159. The highest BCUT2D eigenvalue weighted by Crippen LogP contribution is 2.23. The molecule has 1 aromatic rings. The van der Waals surface area contributed by atoms with Gasteiger partial charge in [0.1, 0.15) is 0 Å². The number of hydrogen-bond donors (Lipinski definition) is 0. The molecule has 3 rings (SSSR count). The minimum Gasteiger partial charge on any atom is -0.453 e. The van der Waals surface area contributed by atoms with Gasteiger partial charge in [0.05, 0.1) is 17.9 Å². The van der Waals surface area contributed by atoms with Gasteiger partial charge in [0.25, 0.3) is 5.91 Å². The molecule has 170 valence electrons. The predicted octanol–water partition coefficient (Wildman–Crippen LogP) is 2.50. The van der Waals surface area contributed by atoms with Gasteiger partial charge in [0.15, 0.2) is 21.7 Å². The van der Waals surface area contributed by atoms with Crippen LogP contribution in [0.4, 0.5) is 0 Å². The van der Waals surface area contributed by atoms with Crippen molar-refractivity contribution in [2.24, 2.45) is 0 Å². The maximum Gasteiger partial charge on any atom is 0.307 e. The van der Waals surface area contributed by atoms with Gasteiger partial charge in [-0.1, -0.05) is 12.1 Å². The van der Waals surface area contributed by atoms with Crippen LogP contribution in [-0.2, 0) is 37.0 Å². The number of amides is 1. The summed E-state index contributed by atoms with van der Waals surface area (Å²) in [6, 6.07) is 5.37. The topological polar surface area (TPSA) is 97.8 Å². The van der Waals surface area contributed by atoms with Crippen LogP contribution in [0.1, 0.15) is 67.4 Å². The van der Waals surface area contributed by atoms with Crippen molar-refractivity contribution in [3.63, 3.8) is 0 Å². The van der Waals surface area contributed by atoms with Crippen LogP contribution in [0, 0.1) is 0 Å². The van der Waals surface area contributed by atoms with Crippen LogP contribution in [0.3, 0.4) is 0 Å². The minimum absolute atomic E-state index is 0.0247. The number of esters is 1. The number of Topliss-reactive ketones (excluding diaryl/α,β-unsaturated/α-hetero) is 1. The summed E-state index contributed by atoms with van der Waals surface area (Å²) < 4.78 is 28.7. The number of ether oxygens (including phenoxy) is 1. The van der Waals surface area contributed by atoms with Gasteiger partial charge < -0.3 is 9.64 Å². The molecular weight excluding hydrogens is 418 g/mol. The number of fused-ring (bicyclic) bond motifs is 1. The fraction of sp³-hybridized carbons (Fsp3) is 0.609. The summed E-state index contributed by atoms with van der Waals surface area (Å²) in [6.45, 7) is 3.60. The molecule has 7 nitrogen and oxygen atoms in total. The molecule has 1 aliphatic heterocycles. The molecule has 2 atom stereocenters. The molecule has 2 unspecified atom stereocenters. The number of carbonyl (C=O) groups is 3. The predicted molar refractivity (Wildman–Crippen MR) is 117 cm³/mol. The third kappa shape index (κ3) is 5.93. The van der Waals surface area contributed by atoms with Gasteiger partial charge in [0, 0.05) is 24.6 Å². The molecule has 1 fully saturated rings. The Kier molecular flexibility index (Phi) is 7.51. The van der Waals surface area contributed by atoms with E-state index < -0.39 is 27.8 Å². The zero-order valence-electron chi connectivity index (χ0n) is 18.3. The summed E-state index contributed by atoms with van der Waals surface area (Å²) in [4.78, 5) is 38.9. The highest BCUT2D eigenvalue weighted by Gasteiger charge is 2.36. The van der Waals surface area contributed by atoms with Crippen molar-refractivity contribution in [1.29, 1.82) is 0 Å². The molecule has 1 heterocycles. The van der Waals surface area contributed by atoms with Crippen molar-refractivity contribution in [1.82, 2.24) is 4.90 Å². The third-order valence-corrected chi connectivity index (χ3v) is 7.91. The molecule has 1 saturated heterocycles. The fourth-order valence-electron chi connectivity index (χ4n) is 4.42. The van der Waals surface area contributed by atoms with Crippen LogP contribution in [0.2, 0.25) is 0 Å². The Labute approximate surface area is 184 Å². The van der Waals surface area contributed by atoms with Crippen molar-refractivity contribution < 1.29 is 27.5 Å². The third-order valence-electron chi connectivity index (χ3n) is 6.16. The Hall–Kier alpha value is -2.22. The first-order valence-electron chi connectivity index (χ1n) is 11.1. The van der Waals surface area contributed by atoms with E-state index in [9.17, 15) is 22.8 Å². The summed E-state index contributed by atoms with van der Waals surface area (Å²) in [5, 5.41) is 0. The van der Waals surface area contributed by atoms with E-state index in [1.54, 1.807) is 6.92 Å². The van der Waals surface area contributed by atoms with Crippen LogP contribution in [-0.4, -0.2) is 61.2 Å². The Bertz CT molecular complexity index is 955. The minimum atomic E-state index is -3.12. The smallest absolute Gasteiger partial charge is 0.307 e. The van der Waals surface area contributed by atoms with Crippen LogP contribution in [0.15, 0.2) is 18.2 Å². The summed E-state index contributed by atoms with van der Waals surface area (Å²) in [5.41, 5.74) is 3.12. The van der Waals surface area contributed by atoms with Crippen LogP contribution < -0.4 is 0 Å². The first-order valence-corrected chi connectivity index (χ1v) is 12.9. The number of sulfone groups is 1. The normalized spacial score (nSPS) is 20.5. The molecule has 2 aliphatic rings. The highest BCUT2D eigenvalue weighted by atomic mass is 32.2. The molecule has 1 amide bonds. The van der Waals surface area contributed by atoms with E-state index in [2.05, 4.69) is 0 Å². The fourth-order valence-corrected chi connectivity index (χ4v) is 6.15. The average Bonchev–Trinajstić information content (AvgIpc) is 3.11. The van der Waals surface area contributed by atoms with Gasteiger partial charge in [-0.05, 0) is 63.1 Å². The van der Waals surface area contributed by atoms with E-state index in [1.807, 2.05) is 18.2 Å². The molecule has 0 radical (unpaired) electrons. The van der Waals surface area contributed by atoms with Crippen LogP contribution in [0.25, 0.3) is 0 Å². The number of aryl methyl sites for hydroxylation is 2. The number of ketones is 1. The van der Waals surface area contributed by atoms with Crippen molar-refractivity contribution in [2.45, 2.75) is 70.9 Å². The highest BCUT2D eigenvalue weighted by molar-refractivity contribution is 7.91. The zero-order chi connectivity index (χ0) is 22.6. The molecule has 1 aromatic carbocycles. The molecule has 0 N–H and O–H groups in total. The molecular formula is C23H31NO6S. The van der Waals surface area contributed by atoms with E-state index >= 15 is 0 Å². The standard InChI is InChI=1S/C23H31NO6S/c1-3-24(20-12-13-31(28,29)15-20)23(27)16(2)30-22(26)11-10-21(25)19-9-8-17-6-4-5-7-18(17)14-19/h8-9,14,16,20H,3-7,10-13,15H2,1-2H3. The van der Waals surface area contributed by atoms with Gasteiger partial charge in [-0.15, -0.1) is 0 Å². The monoisotopic (exact) mass is 449 g/mol. The van der Waals surface area contributed by atoms with Crippen molar-refractivity contribution in [3.8, 4) is 0 Å². The number of hydrogen-bond acceptors (Lipinski definition) is 6. The Morgan fingerprint density at radius 1 is 1.13 bits per heavy atom. The Morgan fingerprint density at radius 3 is 2.48 bits per heavy atom. The lowest BCUT2D eigenvalue weighted by Gasteiger charge is -2.29. The van der Waals surface area contributed by atoms with Crippen LogP contribution in [0.5, 0.6) is 0 Å². The first kappa shape index (κ1) is 23.4. The lowest BCUT2D eigenvalue weighted by Crippen LogP contribution is -2.46. The van der Waals surface area contributed by atoms with E-state index in [0.717, 1.165) is 19.3 Å². The molecule has 0 spiro atoms. The second kappa shape index (κ2) is 9.94. The van der Waals surface area contributed by atoms with Gasteiger partial charge in [-0.2, -0.15) is 0 Å². The Balaban J connectivity index is 1.50. The number of nitrogens with zero attached hydrogens (tertiary/aromatic N) is 1. The zero-order valence-corrected chi connectivity index (χ0v) is 19.1. The average molecular weight is 450 g/mol. The van der Waals surface area contributed by atoms with Crippen molar-refractivity contribution in [3.05, 3.63) is 34.9 Å². The number of benzene rings is 1. The quantitative estimate of drug-likeness (QED) is 0.447. The van der Waals surface area contributed by atoms with Gasteiger partial charge in [0.2, 0.25) is 0 Å². The molecule has 31 heavy (non-hydrogen) atoms. The molecule has 0 bridgehead atoms. The SMILES string of the molecule is CCN(C(=O)C(C)OC(=O)CCC(=O)c1ccc2c(c1)CCCC2)C1CCS(=O)(=O)C1. The number of carbonyl (C=O) groups excluding carboxylic acids is 3. The van der Waals surface area contributed by atoms with Gasteiger partial charge in [-0.3, -0.25) is 14.4 Å². The van der Waals surface area contributed by atoms with Crippen LogP contribution >= 0.6 is 0 Å². The second-order valence-corrected chi connectivity index (χ2v) is 10.7. The van der Waals surface area contributed by atoms with Crippen molar-refractivity contribution >= 4 is 27.5 Å². The summed E-state index contributed by atoms with van der Waals surface area (Å²) in [7, 11) is -3.12. The van der Waals surface area contributed by atoms with E-state index in [-0.39, 0.29) is 36.2 Å². The van der Waals surface area contributed by atoms with E-state index in [0.29, 0.717) is 18.5 Å². The molecule has 1 aliphatic carbocycles. The Morgan fingerprint density at radius 2 is 1.84 bits per heavy atom. The van der Waals surface area contributed by atoms with Crippen molar-refractivity contribution in [2.75, 3.05) is 18.1 Å². The number of likely N-dealkylation sites (N-methyl/N-ethyl adjacent to an activating group) is 1. The maximum absolute atomic E-state index is 12.7. The maximum atomic E-state index is 12.7.